The van der Waals surface area contributed by atoms with E-state index in [9.17, 15) is 14.4 Å². The van der Waals surface area contributed by atoms with Gasteiger partial charge in [0.2, 0.25) is 5.91 Å². The standard InChI is InChI=1S/C31H29N5O5S/c1-3-40-25-17-15-24(16-18-25)36-29(38)26(35(31(36)42)20-27-30(39)41-33-34(27)2)19-28(37)32-23-13-11-22(12-14-23)10-9-21-7-5-4-6-8-21/h4-18,26H,3,19-20H2,1-2H3,(H-,32,33,37,39)/p+1/b10-9+. The second kappa shape index (κ2) is 12.6. The Morgan fingerprint density at radius 2 is 1.69 bits per heavy atom. The first kappa shape index (κ1) is 28.5. The largest absolute Gasteiger partial charge is 0.494 e. The monoisotopic (exact) mass is 584 g/mol. The predicted molar refractivity (Wildman–Crippen MR) is 163 cm³/mol. The average Bonchev–Trinajstić information content (AvgIpc) is 3.43. The highest BCUT2D eigenvalue weighted by Crippen LogP contribution is 2.29. The molecule has 1 atom stereocenters. The summed E-state index contributed by atoms with van der Waals surface area (Å²) in [5.41, 5.74) is 2.86. The Balaban J connectivity index is 1.33. The number of nitrogens with zero attached hydrogens (tertiary/aromatic N) is 3. The number of carbonyl (C=O) groups is 2. The van der Waals surface area contributed by atoms with Crippen molar-refractivity contribution in [3.8, 4) is 5.75 Å². The van der Waals surface area contributed by atoms with Crippen LogP contribution in [0.4, 0.5) is 11.4 Å². The molecule has 0 spiro atoms. The van der Waals surface area contributed by atoms with Gasteiger partial charge < -0.3 is 15.0 Å². The summed E-state index contributed by atoms with van der Waals surface area (Å²) >= 11 is 5.71. The van der Waals surface area contributed by atoms with Gasteiger partial charge in [-0.05, 0) is 71.9 Å². The van der Waals surface area contributed by atoms with Gasteiger partial charge in [0.1, 0.15) is 18.3 Å². The maximum Gasteiger partial charge on any atom is 0.431 e. The quantitative estimate of drug-likeness (QED) is 0.165. The topological polar surface area (TPSA) is 112 Å². The van der Waals surface area contributed by atoms with Crippen molar-refractivity contribution in [3.05, 3.63) is 106 Å². The highest BCUT2D eigenvalue weighted by atomic mass is 32.1. The van der Waals surface area contributed by atoms with Gasteiger partial charge in [-0.2, -0.15) is 0 Å². The molecule has 2 N–H and O–H groups in total. The number of aryl methyl sites for hydroxylation is 1. The Hall–Kier alpha value is -5.03. The lowest BCUT2D eigenvalue weighted by atomic mass is 10.1. The van der Waals surface area contributed by atoms with E-state index in [-0.39, 0.29) is 35.6 Å². The molecule has 0 bridgehead atoms. The minimum Gasteiger partial charge on any atom is -0.494 e. The highest BCUT2D eigenvalue weighted by Gasteiger charge is 2.45. The molecule has 2 heterocycles. The lowest BCUT2D eigenvalue weighted by Gasteiger charge is -2.21. The summed E-state index contributed by atoms with van der Waals surface area (Å²) in [5, 5.41) is 5.52. The minimum atomic E-state index is -0.938. The number of rotatable bonds is 10. The fourth-order valence-electron chi connectivity index (χ4n) is 4.62. The van der Waals surface area contributed by atoms with E-state index in [2.05, 4.69) is 10.6 Å². The number of carbonyl (C=O) groups excluding carboxylic acids is 2. The SMILES string of the molecule is CCOc1ccc(N2C(=O)C(CC(=O)Nc3ccc(/C=C/c4ccccc4)cc3)N(Cc3c(=O)o[nH][n+]3C)C2=S)cc1. The molecule has 214 valence electrons. The fourth-order valence-corrected chi connectivity index (χ4v) is 5.01. The van der Waals surface area contributed by atoms with E-state index < -0.39 is 11.7 Å². The maximum absolute atomic E-state index is 13.7. The van der Waals surface area contributed by atoms with Gasteiger partial charge in [-0.1, -0.05) is 59.3 Å². The molecule has 1 saturated heterocycles. The van der Waals surface area contributed by atoms with E-state index in [1.807, 2.05) is 61.5 Å². The molecule has 3 aromatic carbocycles. The Labute approximate surface area is 247 Å². The summed E-state index contributed by atoms with van der Waals surface area (Å²) in [6.45, 7) is 2.37. The molecule has 5 rings (SSSR count). The molecule has 0 radical (unpaired) electrons. The molecular weight excluding hydrogens is 554 g/mol. The number of aromatic nitrogens is 2. The van der Waals surface area contributed by atoms with Crippen LogP contribution in [-0.4, -0.2) is 39.7 Å². The van der Waals surface area contributed by atoms with Crippen LogP contribution < -0.4 is 25.3 Å². The Bertz CT molecular complexity index is 1660. The second-order valence-corrected chi connectivity index (χ2v) is 10.00. The van der Waals surface area contributed by atoms with Crippen molar-refractivity contribution in [2.75, 3.05) is 16.8 Å². The zero-order valence-corrected chi connectivity index (χ0v) is 24.0. The molecule has 4 aromatic rings. The third-order valence-electron chi connectivity index (χ3n) is 6.80. The van der Waals surface area contributed by atoms with Gasteiger partial charge in [-0.3, -0.25) is 19.0 Å². The van der Waals surface area contributed by atoms with Gasteiger partial charge in [0.15, 0.2) is 12.2 Å². The van der Waals surface area contributed by atoms with E-state index in [4.69, 9.17) is 21.5 Å². The second-order valence-electron chi connectivity index (χ2n) is 9.63. The molecule has 1 fully saturated rings. The van der Waals surface area contributed by atoms with Crippen molar-refractivity contribution in [2.24, 2.45) is 7.05 Å². The van der Waals surface area contributed by atoms with Crippen LogP contribution in [0, 0.1) is 0 Å². The number of hydrogen-bond acceptors (Lipinski definition) is 6. The van der Waals surface area contributed by atoms with Crippen LogP contribution in [0.1, 0.15) is 30.2 Å². The number of H-pyrrole nitrogens is 1. The Morgan fingerprint density at radius 3 is 2.31 bits per heavy atom. The maximum atomic E-state index is 13.7. The first-order valence-electron chi connectivity index (χ1n) is 13.4. The van der Waals surface area contributed by atoms with Gasteiger partial charge in [0, 0.05) is 5.69 Å². The van der Waals surface area contributed by atoms with E-state index in [0.717, 1.165) is 11.1 Å². The summed E-state index contributed by atoms with van der Waals surface area (Å²) in [7, 11) is 1.62. The summed E-state index contributed by atoms with van der Waals surface area (Å²) < 4.78 is 11.8. The van der Waals surface area contributed by atoms with Crippen molar-refractivity contribution >= 4 is 52.7 Å². The van der Waals surface area contributed by atoms with Gasteiger partial charge in [0.25, 0.3) is 5.91 Å². The third-order valence-corrected chi connectivity index (χ3v) is 7.22. The number of thiocarbonyl (C=S) groups is 1. The molecule has 11 heteroatoms. The Kier molecular flexibility index (Phi) is 8.58. The third kappa shape index (κ3) is 6.31. The first-order valence-corrected chi connectivity index (χ1v) is 13.8. The lowest BCUT2D eigenvalue weighted by Crippen LogP contribution is -2.44. The van der Waals surface area contributed by atoms with Gasteiger partial charge in [-0.25, -0.2) is 4.79 Å². The zero-order chi connectivity index (χ0) is 29.6. The van der Waals surface area contributed by atoms with E-state index >= 15 is 0 Å². The molecule has 0 aliphatic carbocycles. The summed E-state index contributed by atoms with van der Waals surface area (Å²) in [6, 6.07) is 23.4. The molecule has 2 amide bonds. The minimum absolute atomic E-state index is 0.0270. The lowest BCUT2D eigenvalue weighted by molar-refractivity contribution is -0.746. The van der Waals surface area contributed by atoms with Crippen molar-refractivity contribution in [3.63, 3.8) is 0 Å². The van der Waals surface area contributed by atoms with Gasteiger partial charge in [0.05, 0.1) is 18.7 Å². The van der Waals surface area contributed by atoms with Crippen molar-refractivity contribution in [1.29, 1.82) is 0 Å². The van der Waals surface area contributed by atoms with Crippen LogP contribution in [0.15, 0.2) is 88.2 Å². The van der Waals surface area contributed by atoms with Crippen LogP contribution >= 0.6 is 12.2 Å². The van der Waals surface area contributed by atoms with Crippen molar-refractivity contribution in [2.45, 2.75) is 25.9 Å². The molecular formula is C31H30N5O5S+. The van der Waals surface area contributed by atoms with E-state index in [1.54, 1.807) is 48.3 Å². The summed E-state index contributed by atoms with van der Waals surface area (Å²) in [6.07, 6.45) is 3.82. The normalized spacial score (nSPS) is 15.0. The number of hydrogen-bond donors (Lipinski definition) is 2. The number of anilines is 2. The van der Waals surface area contributed by atoms with E-state index in [0.29, 0.717) is 23.7 Å². The predicted octanol–water partition coefficient (Wildman–Crippen LogP) is 3.89. The molecule has 0 saturated carbocycles. The molecule has 1 aliphatic rings. The van der Waals surface area contributed by atoms with Gasteiger partial charge in [-0.15, -0.1) is 0 Å². The van der Waals surface area contributed by atoms with Crippen LogP contribution in [0.2, 0.25) is 0 Å². The number of amides is 2. The van der Waals surface area contributed by atoms with Crippen LogP contribution in [0.25, 0.3) is 12.2 Å². The Morgan fingerprint density at radius 1 is 1.02 bits per heavy atom. The smallest absolute Gasteiger partial charge is 0.431 e. The highest BCUT2D eigenvalue weighted by molar-refractivity contribution is 7.80. The average molecular weight is 585 g/mol. The number of ether oxygens (including phenoxy) is 1. The summed E-state index contributed by atoms with van der Waals surface area (Å²) in [4.78, 5) is 42.2. The van der Waals surface area contributed by atoms with Gasteiger partial charge >= 0.3 is 11.3 Å². The van der Waals surface area contributed by atoms with Crippen molar-refractivity contribution < 1.29 is 23.5 Å². The number of benzene rings is 3. The van der Waals surface area contributed by atoms with Crippen LogP contribution in [0.3, 0.4) is 0 Å². The number of aromatic amines is 1. The molecule has 42 heavy (non-hydrogen) atoms. The van der Waals surface area contributed by atoms with E-state index in [1.165, 1.54) is 9.58 Å². The molecule has 1 aromatic heterocycles. The molecule has 1 unspecified atom stereocenters. The zero-order valence-electron chi connectivity index (χ0n) is 23.2. The fraction of sp³-hybridized carbons (Fsp3) is 0.194. The number of nitrogens with one attached hydrogen (secondary N) is 2. The van der Waals surface area contributed by atoms with Crippen molar-refractivity contribution in [1.82, 2.24) is 10.2 Å². The van der Waals surface area contributed by atoms with Crippen LogP contribution in [-0.2, 0) is 23.2 Å². The molecule has 10 nitrogen and oxygen atoms in total. The van der Waals surface area contributed by atoms with Crippen LogP contribution in [0.5, 0.6) is 5.75 Å². The summed E-state index contributed by atoms with van der Waals surface area (Å²) in [5.74, 6) is -0.0823. The first-order chi connectivity index (χ1) is 20.3. The molecule has 1 aliphatic heterocycles.